The molecular weight excluding hydrogens is 132 g/mol. The van der Waals surface area contributed by atoms with Crippen LogP contribution in [0.4, 0.5) is 0 Å². The van der Waals surface area contributed by atoms with Crippen LogP contribution in [0.2, 0.25) is 0 Å². The van der Waals surface area contributed by atoms with E-state index in [1.165, 1.54) is 0 Å². The second-order valence-corrected chi connectivity index (χ2v) is 1.69. The second kappa shape index (κ2) is 2.94. The zero-order valence-electron chi connectivity index (χ0n) is 5.60. The van der Waals surface area contributed by atoms with Crippen LogP contribution in [0.1, 0.15) is 6.92 Å². The van der Waals surface area contributed by atoms with Crippen LogP contribution < -0.4 is 10.9 Å². The fourth-order valence-electron chi connectivity index (χ4n) is 0.653. The van der Waals surface area contributed by atoms with Crippen LogP contribution in [0.5, 0.6) is 0 Å². The maximum atomic E-state index is 10.1. The molecule has 0 aliphatic carbocycles. The van der Waals surface area contributed by atoms with E-state index in [1.807, 2.05) is 6.92 Å². The van der Waals surface area contributed by atoms with Gasteiger partial charge in [0.25, 0.3) is 0 Å². The van der Waals surface area contributed by atoms with Gasteiger partial charge in [0.2, 0.25) is 0 Å². The molecule has 10 heavy (non-hydrogen) atoms. The van der Waals surface area contributed by atoms with Gasteiger partial charge in [0.15, 0.2) is 17.4 Å². The first-order chi connectivity index (χ1) is 4.88. The maximum Gasteiger partial charge on any atom is 0.182 e. The summed E-state index contributed by atoms with van der Waals surface area (Å²) in [6.07, 6.45) is 1.57. The highest BCUT2D eigenvalue weighted by molar-refractivity contribution is 5.59. The maximum absolute atomic E-state index is 10.1. The van der Waals surface area contributed by atoms with Crippen molar-refractivity contribution in [2.24, 2.45) is 0 Å². The Labute approximate surface area is 58.5 Å². The predicted octanol–water partition coefficient (Wildman–Crippen LogP) is -0.312. The number of hydrogen-bond acceptors (Lipinski definition) is 4. The first-order valence-corrected chi connectivity index (χ1v) is 2.98. The average Bonchev–Trinajstić information content (AvgIpc) is 2.36. The van der Waals surface area contributed by atoms with Crippen molar-refractivity contribution in [1.29, 1.82) is 0 Å². The molecule has 4 nitrogen and oxygen atoms in total. The lowest BCUT2D eigenvalue weighted by molar-refractivity contribution is 0.239. The number of nitrogens with one attached hydrogen (secondary N) is 2. The third-order valence-electron chi connectivity index (χ3n) is 1.05. The van der Waals surface area contributed by atoms with Gasteiger partial charge in [0.1, 0.15) is 0 Å². The van der Waals surface area contributed by atoms with E-state index in [9.17, 15) is 4.79 Å². The van der Waals surface area contributed by atoms with Gasteiger partial charge in [-0.3, -0.25) is 5.43 Å². The number of ether oxygens (including phenoxy) is 1. The molecule has 1 rings (SSSR count). The SMILES string of the molecule is CCOC1=CNNC1=C=O. The van der Waals surface area contributed by atoms with Crippen molar-refractivity contribution in [1.82, 2.24) is 10.9 Å². The Kier molecular flexibility index (Phi) is 1.97. The minimum atomic E-state index is 0.321. The summed E-state index contributed by atoms with van der Waals surface area (Å²) in [6.45, 7) is 2.39. The zero-order valence-corrected chi connectivity index (χ0v) is 5.60. The Hall–Kier alpha value is -1.41. The van der Waals surface area contributed by atoms with E-state index in [0.717, 1.165) is 0 Å². The molecule has 1 aliphatic rings. The van der Waals surface area contributed by atoms with E-state index in [0.29, 0.717) is 18.1 Å². The normalized spacial score (nSPS) is 14.9. The summed E-state index contributed by atoms with van der Waals surface area (Å²) in [4.78, 5) is 10.1. The van der Waals surface area contributed by atoms with Gasteiger partial charge in [-0.1, -0.05) is 0 Å². The molecule has 0 spiro atoms. The number of carbonyl (C=O) groups excluding carboxylic acids is 1. The molecule has 2 N–H and O–H groups in total. The molecule has 54 valence electrons. The van der Waals surface area contributed by atoms with E-state index >= 15 is 0 Å². The van der Waals surface area contributed by atoms with Crippen LogP contribution >= 0.6 is 0 Å². The largest absolute Gasteiger partial charge is 0.489 e. The quantitative estimate of drug-likeness (QED) is 0.516. The van der Waals surface area contributed by atoms with Gasteiger partial charge >= 0.3 is 0 Å². The van der Waals surface area contributed by atoms with E-state index in [-0.39, 0.29) is 0 Å². The zero-order chi connectivity index (χ0) is 7.40. The number of hydrogen-bond donors (Lipinski definition) is 2. The van der Waals surface area contributed by atoms with Crippen molar-refractivity contribution in [3.8, 4) is 0 Å². The highest BCUT2D eigenvalue weighted by atomic mass is 16.5. The van der Waals surface area contributed by atoms with Crippen LogP contribution in [0, 0.1) is 0 Å². The fourth-order valence-corrected chi connectivity index (χ4v) is 0.653. The summed E-state index contributed by atoms with van der Waals surface area (Å²) in [5.74, 6) is 2.21. The summed E-state index contributed by atoms with van der Waals surface area (Å²) in [7, 11) is 0. The highest BCUT2D eigenvalue weighted by Gasteiger charge is 2.11. The molecule has 0 radical (unpaired) electrons. The molecule has 0 aromatic heterocycles. The first kappa shape index (κ1) is 6.71. The van der Waals surface area contributed by atoms with Crippen LogP contribution in [0.3, 0.4) is 0 Å². The van der Waals surface area contributed by atoms with Crippen LogP contribution in [0.25, 0.3) is 0 Å². The molecule has 1 aliphatic heterocycles. The van der Waals surface area contributed by atoms with Crippen molar-refractivity contribution in [3.05, 3.63) is 17.7 Å². The van der Waals surface area contributed by atoms with Gasteiger partial charge in [-0.15, -0.1) is 0 Å². The van der Waals surface area contributed by atoms with Gasteiger partial charge in [-0.2, -0.15) is 0 Å². The minimum absolute atomic E-state index is 0.321. The van der Waals surface area contributed by atoms with Crippen molar-refractivity contribution in [2.45, 2.75) is 6.92 Å². The summed E-state index contributed by atoms with van der Waals surface area (Å²) >= 11 is 0. The van der Waals surface area contributed by atoms with E-state index < -0.39 is 0 Å². The Morgan fingerprint density at radius 1 is 1.80 bits per heavy atom. The molecule has 0 bridgehead atoms. The summed E-state index contributed by atoms with van der Waals surface area (Å²) < 4.78 is 5.04. The van der Waals surface area contributed by atoms with E-state index in [1.54, 1.807) is 12.1 Å². The van der Waals surface area contributed by atoms with Crippen molar-refractivity contribution >= 4 is 5.94 Å². The average molecular weight is 140 g/mol. The molecule has 1 heterocycles. The van der Waals surface area contributed by atoms with Gasteiger partial charge in [-0.05, 0) is 6.92 Å². The second-order valence-electron chi connectivity index (χ2n) is 1.69. The van der Waals surface area contributed by atoms with Crippen LogP contribution in [-0.4, -0.2) is 12.5 Å². The third-order valence-corrected chi connectivity index (χ3v) is 1.05. The van der Waals surface area contributed by atoms with Crippen LogP contribution in [-0.2, 0) is 9.53 Å². The van der Waals surface area contributed by atoms with Crippen molar-refractivity contribution in [2.75, 3.05) is 6.61 Å². The molecule has 4 heteroatoms. The summed E-state index contributed by atoms with van der Waals surface area (Å²) in [5.41, 5.74) is 5.51. The highest BCUT2D eigenvalue weighted by Crippen LogP contribution is 2.06. The predicted molar refractivity (Wildman–Crippen MR) is 35.2 cm³/mol. The smallest absolute Gasteiger partial charge is 0.182 e. The lowest BCUT2D eigenvalue weighted by Gasteiger charge is -2.00. The number of rotatable bonds is 2. The molecule has 0 saturated carbocycles. The molecule has 0 aromatic carbocycles. The third kappa shape index (κ3) is 1.11. The monoisotopic (exact) mass is 140 g/mol. The standard InChI is InChI=1S/C6H8N2O2/c1-2-10-6-3-7-8-5(6)4-9/h3,7-8H,2H2,1H3. The minimum Gasteiger partial charge on any atom is -0.489 e. The fraction of sp³-hybridized carbons (Fsp3) is 0.333. The topological polar surface area (TPSA) is 50.4 Å². The molecular formula is C6H8N2O2. The molecule has 0 fully saturated rings. The number of hydrazine groups is 1. The Balaban J connectivity index is 2.65. The molecule has 0 saturated heterocycles. The van der Waals surface area contributed by atoms with Crippen molar-refractivity contribution in [3.63, 3.8) is 0 Å². The molecule has 0 aromatic rings. The van der Waals surface area contributed by atoms with Gasteiger partial charge in [0.05, 0.1) is 12.8 Å². The lowest BCUT2D eigenvalue weighted by atomic mass is 10.4. The molecule has 0 atom stereocenters. The van der Waals surface area contributed by atoms with Gasteiger partial charge in [-0.25, -0.2) is 4.79 Å². The Morgan fingerprint density at radius 2 is 2.60 bits per heavy atom. The lowest BCUT2D eigenvalue weighted by Crippen LogP contribution is -2.19. The van der Waals surface area contributed by atoms with Crippen LogP contribution in [0.15, 0.2) is 17.7 Å². The Bertz CT molecular complexity index is 204. The van der Waals surface area contributed by atoms with Gasteiger partial charge < -0.3 is 10.2 Å². The van der Waals surface area contributed by atoms with E-state index in [2.05, 4.69) is 10.9 Å². The Morgan fingerprint density at radius 3 is 3.20 bits per heavy atom. The molecule has 0 unspecified atom stereocenters. The molecule has 0 amide bonds. The van der Waals surface area contributed by atoms with E-state index in [4.69, 9.17) is 4.74 Å². The first-order valence-electron chi connectivity index (χ1n) is 2.98. The summed E-state index contributed by atoms with van der Waals surface area (Å²) in [5, 5.41) is 0. The van der Waals surface area contributed by atoms with Gasteiger partial charge in [0, 0.05) is 0 Å². The summed E-state index contributed by atoms with van der Waals surface area (Å²) in [6, 6.07) is 0. The van der Waals surface area contributed by atoms with Crippen molar-refractivity contribution < 1.29 is 9.53 Å².